The van der Waals surface area contributed by atoms with Crippen molar-refractivity contribution in [1.82, 2.24) is 4.90 Å². The SMILES string of the molecule is CCOCCN(C)CC(O)c1ccc(OC)cc1OC. The Balaban J connectivity index is 2.64. The maximum Gasteiger partial charge on any atom is 0.128 e. The van der Waals surface area contributed by atoms with Crippen molar-refractivity contribution in [2.24, 2.45) is 0 Å². The number of hydrogen-bond donors (Lipinski definition) is 1. The Morgan fingerprint density at radius 2 is 2.00 bits per heavy atom. The van der Waals surface area contributed by atoms with Gasteiger partial charge in [0.2, 0.25) is 0 Å². The first-order chi connectivity index (χ1) is 9.62. The molecule has 0 fully saturated rings. The van der Waals surface area contributed by atoms with Crippen molar-refractivity contribution in [3.8, 4) is 11.5 Å². The van der Waals surface area contributed by atoms with Crippen molar-refractivity contribution in [3.63, 3.8) is 0 Å². The number of benzene rings is 1. The van der Waals surface area contributed by atoms with Gasteiger partial charge < -0.3 is 24.2 Å². The molecule has 1 aromatic rings. The number of likely N-dealkylation sites (N-methyl/N-ethyl adjacent to an activating group) is 1. The predicted octanol–water partition coefficient (Wildman–Crippen LogP) is 1.71. The average molecular weight is 283 g/mol. The van der Waals surface area contributed by atoms with Crippen molar-refractivity contribution in [3.05, 3.63) is 23.8 Å². The van der Waals surface area contributed by atoms with Crippen molar-refractivity contribution < 1.29 is 19.3 Å². The molecule has 0 heterocycles. The van der Waals surface area contributed by atoms with Gasteiger partial charge in [-0.15, -0.1) is 0 Å². The Hall–Kier alpha value is -1.30. The Kier molecular flexibility index (Phi) is 7.36. The van der Waals surface area contributed by atoms with Crippen LogP contribution in [-0.4, -0.2) is 57.6 Å². The molecule has 20 heavy (non-hydrogen) atoms. The average Bonchev–Trinajstić information content (AvgIpc) is 2.46. The molecule has 114 valence electrons. The Bertz CT molecular complexity index is 397. The molecule has 0 amide bonds. The fourth-order valence-corrected chi connectivity index (χ4v) is 1.94. The Morgan fingerprint density at radius 3 is 2.60 bits per heavy atom. The summed E-state index contributed by atoms with van der Waals surface area (Å²) in [6, 6.07) is 5.43. The van der Waals surface area contributed by atoms with Crippen molar-refractivity contribution in [1.29, 1.82) is 0 Å². The van der Waals surface area contributed by atoms with Gasteiger partial charge in [-0.1, -0.05) is 0 Å². The summed E-state index contributed by atoms with van der Waals surface area (Å²) >= 11 is 0. The number of ether oxygens (including phenoxy) is 3. The van der Waals surface area contributed by atoms with Crippen LogP contribution in [0.2, 0.25) is 0 Å². The predicted molar refractivity (Wildman–Crippen MR) is 78.5 cm³/mol. The van der Waals surface area contributed by atoms with E-state index in [0.717, 1.165) is 12.1 Å². The van der Waals surface area contributed by atoms with Gasteiger partial charge in [-0.05, 0) is 26.1 Å². The highest BCUT2D eigenvalue weighted by atomic mass is 16.5. The largest absolute Gasteiger partial charge is 0.497 e. The van der Waals surface area contributed by atoms with Gasteiger partial charge in [-0.2, -0.15) is 0 Å². The number of nitrogens with zero attached hydrogens (tertiary/aromatic N) is 1. The van der Waals surface area contributed by atoms with E-state index in [1.807, 2.05) is 31.0 Å². The molecular formula is C15H25NO4. The molecule has 0 radical (unpaired) electrons. The van der Waals surface area contributed by atoms with Gasteiger partial charge in [-0.25, -0.2) is 0 Å². The third kappa shape index (κ3) is 5.00. The molecular weight excluding hydrogens is 258 g/mol. The molecule has 0 saturated heterocycles. The van der Waals surface area contributed by atoms with Gasteiger partial charge in [-0.3, -0.25) is 0 Å². The maximum atomic E-state index is 10.3. The van der Waals surface area contributed by atoms with Gasteiger partial charge in [0, 0.05) is 31.3 Å². The lowest BCUT2D eigenvalue weighted by Gasteiger charge is -2.22. The van der Waals surface area contributed by atoms with Crippen LogP contribution in [0.1, 0.15) is 18.6 Å². The molecule has 0 aliphatic rings. The number of hydrogen-bond acceptors (Lipinski definition) is 5. The van der Waals surface area contributed by atoms with Crippen molar-refractivity contribution in [2.75, 3.05) is 47.6 Å². The molecule has 1 N–H and O–H groups in total. The zero-order valence-electron chi connectivity index (χ0n) is 12.8. The maximum absolute atomic E-state index is 10.3. The summed E-state index contributed by atoms with van der Waals surface area (Å²) in [5, 5.41) is 10.3. The zero-order valence-corrected chi connectivity index (χ0v) is 12.8. The second-order valence-corrected chi connectivity index (χ2v) is 4.58. The van der Waals surface area contributed by atoms with Gasteiger partial charge in [0.15, 0.2) is 0 Å². The van der Waals surface area contributed by atoms with Crippen LogP contribution in [0.15, 0.2) is 18.2 Å². The van der Waals surface area contributed by atoms with Crippen LogP contribution < -0.4 is 9.47 Å². The van der Waals surface area contributed by atoms with Crippen LogP contribution >= 0.6 is 0 Å². The van der Waals surface area contributed by atoms with Gasteiger partial charge >= 0.3 is 0 Å². The summed E-state index contributed by atoms with van der Waals surface area (Å²) in [5.41, 5.74) is 0.761. The minimum Gasteiger partial charge on any atom is -0.497 e. The second-order valence-electron chi connectivity index (χ2n) is 4.58. The fraction of sp³-hybridized carbons (Fsp3) is 0.600. The quantitative estimate of drug-likeness (QED) is 0.699. The molecule has 1 unspecified atom stereocenters. The van der Waals surface area contributed by atoms with E-state index in [1.54, 1.807) is 20.3 Å². The standard InChI is InChI=1S/C15H25NO4/c1-5-20-9-8-16(2)11-14(17)13-7-6-12(18-3)10-15(13)19-4/h6-7,10,14,17H,5,8-9,11H2,1-4H3. The molecule has 0 aliphatic carbocycles. The van der Waals surface area contributed by atoms with E-state index in [-0.39, 0.29) is 0 Å². The molecule has 0 aromatic heterocycles. The molecule has 5 nitrogen and oxygen atoms in total. The first-order valence-corrected chi connectivity index (χ1v) is 6.78. The molecule has 0 bridgehead atoms. The number of aliphatic hydroxyl groups excluding tert-OH is 1. The lowest BCUT2D eigenvalue weighted by molar-refractivity contribution is 0.0880. The van der Waals surface area contributed by atoms with E-state index in [4.69, 9.17) is 14.2 Å². The van der Waals surface area contributed by atoms with Crippen molar-refractivity contribution >= 4 is 0 Å². The van der Waals surface area contributed by atoms with Crippen LogP contribution in [0, 0.1) is 0 Å². The zero-order chi connectivity index (χ0) is 15.0. The smallest absolute Gasteiger partial charge is 0.128 e. The minimum atomic E-state index is -0.609. The van der Waals surface area contributed by atoms with E-state index < -0.39 is 6.10 Å². The molecule has 0 aliphatic heterocycles. The first kappa shape index (κ1) is 16.8. The van der Waals surface area contributed by atoms with Crippen molar-refractivity contribution in [2.45, 2.75) is 13.0 Å². The van der Waals surface area contributed by atoms with Crippen LogP contribution in [-0.2, 0) is 4.74 Å². The van der Waals surface area contributed by atoms with E-state index in [2.05, 4.69) is 0 Å². The molecule has 1 atom stereocenters. The van der Waals surface area contributed by atoms with Gasteiger partial charge in [0.1, 0.15) is 11.5 Å². The van der Waals surface area contributed by atoms with Crippen LogP contribution in [0.3, 0.4) is 0 Å². The first-order valence-electron chi connectivity index (χ1n) is 6.78. The molecule has 0 saturated carbocycles. The van der Waals surface area contributed by atoms with Gasteiger partial charge in [0.25, 0.3) is 0 Å². The summed E-state index contributed by atoms with van der Waals surface area (Å²) in [5.74, 6) is 1.34. The van der Waals surface area contributed by atoms with Crippen LogP contribution in [0.4, 0.5) is 0 Å². The monoisotopic (exact) mass is 283 g/mol. The lowest BCUT2D eigenvalue weighted by atomic mass is 10.1. The topological polar surface area (TPSA) is 51.2 Å². The van der Waals surface area contributed by atoms with E-state index in [9.17, 15) is 5.11 Å². The molecule has 5 heteroatoms. The summed E-state index contributed by atoms with van der Waals surface area (Å²) < 4.78 is 15.8. The second kappa shape index (κ2) is 8.79. The minimum absolute atomic E-state index is 0.524. The Labute approximate surface area is 121 Å². The van der Waals surface area contributed by atoms with E-state index >= 15 is 0 Å². The fourth-order valence-electron chi connectivity index (χ4n) is 1.94. The molecule has 0 spiro atoms. The number of methoxy groups -OCH3 is 2. The van der Waals surface area contributed by atoms with E-state index in [0.29, 0.717) is 31.3 Å². The highest BCUT2D eigenvalue weighted by Crippen LogP contribution is 2.29. The third-order valence-electron chi connectivity index (χ3n) is 3.11. The van der Waals surface area contributed by atoms with E-state index in [1.165, 1.54) is 0 Å². The third-order valence-corrected chi connectivity index (χ3v) is 3.11. The summed E-state index contributed by atoms with van der Waals surface area (Å²) in [7, 11) is 5.15. The number of aliphatic hydroxyl groups is 1. The summed E-state index contributed by atoms with van der Waals surface area (Å²) in [6.07, 6.45) is -0.609. The lowest BCUT2D eigenvalue weighted by Crippen LogP contribution is -2.28. The highest BCUT2D eigenvalue weighted by Gasteiger charge is 2.16. The normalized spacial score (nSPS) is 12.5. The van der Waals surface area contributed by atoms with Crippen LogP contribution in [0.25, 0.3) is 0 Å². The summed E-state index contributed by atoms with van der Waals surface area (Å²) in [4.78, 5) is 2.03. The molecule has 1 rings (SSSR count). The summed E-state index contributed by atoms with van der Waals surface area (Å²) in [6.45, 7) is 4.65. The highest BCUT2D eigenvalue weighted by molar-refractivity contribution is 5.42. The van der Waals surface area contributed by atoms with Gasteiger partial charge in [0.05, 0.1) is 26.9 Å². The Morgan fingerprint density at radius 1 is 1.25 bits per heavy atom. The van der Waals surface area contributed by atoms with Crippen LogP contribution in [0.5, 0.6) is 11.5 Å². The molecule has 1 aromatic carbocycles. The number of rotatable bonds is 9.